The first-order valence-corrected chi connectivity index (χ1v) is 3.15. The van der Waals surface area contributed by atoms with E-state index in [0.717, 1.165) is 6.42 Å². The summed E-state index contributed by atoms with van der Waals surface area (Å²) in [6.45, 7) is 0. The average Bonchev–Trinajstić information content (AvgIpc) is 1.77. The van der Waals surface area contributed by atoms with Gasteiger partial charge in [-0.15, -0.1) is 0 Å². The van der Waals surface area contributed by atoms with Crippen LogP contribution in [0.15, 0.2) is 24.0 Å². The Bertz CT molecular complexity index is 137. The minimum Gasteiger partial charge on any atom is -0.508 e. The first kappa shape index (κ1) is 5.76. The van der Waals surface area contributed by atoms with Crippen molar-refractivity contribution in [3.05, 3.63) is 24.0 Å². The lowest BCUT2D eigenvalue weighted by Gasteiger charge is -2.00. The number of rotatable bonds is 0. The molecule has 0 fully saturated rings. The van der Waals surface area contributed by atoms with Crippen molar-refractivity contribution < 1.29 is 5.11 Å². The topological polar surface area (TPSA) is 20.2 Å². The molecule has 8 heavy (non-hydrogen) atoms. The number of allylic oxidation sites excluding steroid dienone is 2. The van der Waals surface area contributed by atoms with Crippen LogP contribution < -0.4 is 0 Å². The summed E-state index contributed by atoms with van der Waals surface area (Å²) in [4.78, 5) is 0. The summed E-state index contributed by atoms with van der Waals surface area (Å²) in [7, 11) is 0. The summed E-state index contributed by atoms with van der Waals surface area (Å²) < 4.78 is 0. The van der Waals surface area contributed by atoms with Gasteiger partial charge in [0.05, 0.1) is 0 Å². The third-order valence-corrected chi connectivity index (χ3v) is 1.51. The van der Waals surface area contributed by atoms with Gasteiger partial charge < -0.3 is 5.11 Å². The Morgan fingerprint density at radius 2 is 2.50 bits per heavy atom. The zero-order chi connectivity index (χ0) is 5.98. The van der Waals surface area contributed by atoms with E-state index in [-0.39, 0.29) is 0 Å². The lowest BCUT2D eigenvalue weighted by Crippen LogP contribution is -2.00. The van der Waals surface area contributed by atoms with Crippen molar-refractivity contribution in [3.8, 4) is 0 Å². The monoisotopic (exact) mass is 129 g/mol. The highest BCUT2D eigenvalue weighted by Crippen LogP contribution is 2.07. The second-order valence-electron chi connectivity index (χ2n) is 1.83. The van der Waals surface area contributed by atoms with Crippen molar-refractivity contribution in [1.29, 1.82) is 0 Å². The van der Waals surface area contributed by atoms with E-state index in [1.807, 2.05) is 6.08 Å². The molecule has 44 valence electrons. The fourth-order valence-corrected chi connectivity index (χ4v) is 0.823. The van der Waals surface area contributed by atoms with Crippen LogP contribution in [0.4, 0.5) is 0 Å². The van der Waals surface area contributed by atoms with Crippen LogP contribution in [-0.4, -0.2) is 10.4 Å². The standard InChI is InChI=1S/C6H8OS/c7-5-1-3-6(8)4-2-5/h1-3,6-8H,4H2/p+1. The van der Waals surface area contributed by atoms with Crippen LogP contribution in [0, 0.1) is 0 Å². The van der Waals surface area contributed by atoms with E-state index < -0.39 is 0 Å². The van der Waals surface area contributed by atoms with Gasteiger partial charge in [0, 0.05) is 6.42 Å². The van der Waals surface area contributed by atoms with E-state index in [9.17, 15) is 0 Å². The van der Waals surface area contributed by atoms with Crippen LogP contribution in [0.1, 0.15) is 6.42 Å². The van der Waals surface area contributed by atoms with Crippen LogP contribution in [-0.2, 0) is 12.6 Å². The molecule has 0 saturated carbocycles. The molecular formula is C6H9OS+. The molecule has 0 saturated heterocycles. The summed E-state index contributed by atoms with van der Waals surface area (Å²) in [6, 6.07) is 0. The van der Waals surface area contributed by atoms with Crippen LogP contribution in [0.5, 0.6) is 0 Å². The van der Waals surface area contributed by atoms with Crippen LogP contribution >= 0.6 is 0 Å². The largest absolute Gasteiger partial charge is 0.508 e. The molecule has 0 aromatic rings. The maximum Gasteiger partial charge on any atom is 0.135 e. The van der Waals surface area contributed by atoms with Gasteiger partial charge >= 0.3 is 0 Å². The predicted molar refractivity (Wildman–Crippen MR) is 38.4 cm³/mol. The first-order chi connectivity index (χ1) is 3.79. The van der Waals surface area contributed by atoms with Gasteiger partial charge in [0.25, 0.3) is 0 Å². The Kier molecular flexibility index (Phi) is 1.63. The quantitative estimate of drug-likeness (QED) is 0.479. The van der Waals surface area contributed by atoms with E-state index in [2.05, 4.69) is 12.6 Å². The number of hydrogen-bond acceptors (Lipinski definition) is 1. The minimum atomic E-state index is 0.375. The molecule has 0 amide bonds. The molecule has 1 N–H and O–H groups in total. The Labute approximate surface area is 54.1 Å². The average molecular weight is 129 g/mol. The number of aliphatic hydroxyl groups excluding tert-OH is 1. The maximum absolute atomic E-state index is 8.78. The zero-order valence-corrected chi connectivity index (χ0v) is 5.46. The van der Waals surface area contributed by atoms with Crippen molar-refractivity contribution in [1.82, 2.24) is 0 Å². The molecular weight excluding hydrogens is 120 g/mol. The Hall–Kier alpha value is -0.370. The van der Waals surface area contributed by atoms with Gasteiger partial charge in [0.2, 0.25) is 0 Å². The molecule has 1 nitrogen and oxygen atoms in total. The molecule has 0 heterocycles. The van der Waals surface area contributed by atoms with Crippen LogP contribution in [0.2, 0.25) is 0 Å². The van der Waals surface area contributed by atoms with Crippen molar-refractivity contribution in [2.75, 3.05) is 0 Å². The molecule has 0 aromatic heterocycles. The Morgan fingerprint density at radius 1 is 1.75 bits per heavy atom. The van der Waals surface area contributed by atoms with Crippen LogP contribution in [0.3, 0.4) is 0 Å². The van der Waals surface area contributed by atoms with Gasteiger partial charge in [0.15, 0.2) is 0 Å². The lowest BCUT2D eigenvalue weighted by molar-refractivity contribution is 0.427. The molecule has 1 unspecified atom stereocenters. The van der Waals surface area contributed by atoms with Crippen molar-refractivity contribution in [2.24, 2.45) is 0 Å². The van der Waals surface area contributed by atoms with E-state index in [1.54, 1.807) is 12.2 Å². The molecule has 1 rings (SSSR count). The molecule has 1 atom stereocenters. The smallest absolute Gasteiger partial charge is 0.135 e. The van der Waals surface area contributed by atoms with Gasteiger partial charge in [-0.3, -0.25) is 0 Å². The fourth-order valence-electron chi connectivity index (χ4n) is 0.609. The first-order valence-electron chi connectivity index (χ1n) is 2.57. The second kappa shape index (κ2) is 2.27. The zero-order valence-electron chi connectivity index (χ0n) is 4.46. The molecule has 0 spiro atoms. The van der Waals surface area contributed by atoms with Gasteiger partial charge in [-0.2, -0.15) is 0 Å². The second-order valence-corrected chi connectivity index (χ2v) is 2.57. The highest BCUT2D eigenvalue weighted by Gasteiger charge is 2.05. The molecule has 1 aliphatic carbocycles. The third kappa shape index (κ3) is 1.30. The lowest BCUT2D eigenvalue weighted by atomic mass is 10.2. The van der Waals surface area contributed by atoms with E-state index in [0.29, 0.717) is 11.0 Å². The van der Waals surface area contributed by atoms with Crippen molar-refractivity contribution in [3.63, 3.8) is 0 Å². The molecule has 2 heteroatoms. The normalized spacial score (nSPS) is 27.6. The van der Waals surface area contributed by atoms with Gasteiger partial charge in [-0.1, -0.05) is 0 Å². The summed E-state index contributed by atoms with van der Waals surface area (Å²) >= 11 is 3.42. The molecule has 0 aromatic carbocycles. The molecule has 1 aliphatic rings. The highest BCUT2D eigenvalue weighted by molar-refractivity contribution is 7.59. The van der Waals surface area contributed by atoms with Gasteiger partial charge in [-0.05, 0) is 30.9 Å². The highest BCUT2D eigenvalue weighted by atomic mass is 32.1. The summed E-state index contributed by atoms with van der Waals surface area (Å²) in [5.41, 5.74) is 0. The SMILES string of the molecule is OC1=CCC([SH2+])C=C1. The maximum atomic E-state index is 8.78. The summed E-state index contributed by atoms with van der Waals surface area (Å²) in [5.74, 6) is 0.375. The number of hydrogen-bond donors (Lipinski definition) is 1. The third-order valence-electron chi connectivity index (χ3n) is 1.08. The predicted octanol–water partition coefficient (Wildman–Crippen LogP) is 0.768. The Balaban J connectivity index is 2.58. The fraction of sp³-hybridized carbons (Fsp3) is 0.333. The van der Waals surface area contributed by atoms with Gasteiger partial charge in [-0.25, -0.2) is 0 Å². The van der Waals surface area contributed by atoms with Gasteiger partial charge in [0.1, 0.15) is 11.0 Å². The van der Waals surface area contributed by atoms with E-state index >= 15 is 0 Å². The molecule has 0 bridgehead atoms. The van der Waals surface area contributed by atoms with Crippen molar-refractivity contribution >= 4 is 12.6 Å². The van der Waals surface area contributed by atoms with E-state index in [1.165, 1.54) is 0 Å². The van der Waals surface area contributed by atoms with Crippen molar-refractivity contribution in [2.45, 2.75) is 11.7 Å². The summed E-state index contributed by atoms with van der Waals surface area (Å²) in [5, 5.41) is 9.19. The molecule has 0 radical (unpaired) electrons. The van der Waals surface area contributed by atoms with Crippen LogP contribution in [0.25, 0.3) is 0 Å². The number of aliphatic hydroxyl groups is 1. The van der Waals surface area contributed by atoms with E-state index in [4.69, 9.17) is 5.11 Å². The molecule has 0 aliphatic heterocycles. The Morgan fingerprint density at radius 3 is 2.88 bits per heavy atom. The summed E-state index contributed by atoms with van der Waals surface area (Å²) in [6.07, 6.45) is 6.30. The minimum absolute atomic E-state index is 0.375.